The second-order valence-corrected chi connectivity index (χ2v) is 12.2. The van der Waals surface area contributed by atoms with E-state index in [0.717, 1.165) is 5.52 Å². The molecule has 4 heterocycles. The molecule has 226 valence electrons. The number of hydrogen-bond donors (Lipinski definition) is 1. The lowest BCUT2D eigenvalue weighted by molar-refractivity contribution is -0.158. The average Bonchev–Trinajstić information content (AvgIpc) is 3.68. The van der Waals surface area contributed by atoms with Gasteiger partial charge in [-0.1, -0.05) is 49.8 Å². The van der Waals surface area contributed by atoms with E-state index < -0.39 is 35.1 Å². The molecule has 0 aliphatic carbocycles. The van der Waals surface area contributed by atoms with Gasteiger partial charge in [-0.2, -0.15) is 0 Å². The van der Waals surface area contributed by atoms with Gasteiger partial charge < -0.3 is 24.5 Å². The number of aromatic nitrogens is 3. The van der Waals surface area contributed by atoms with Crippen molar-refractivity contribution in [2.24, 2.45) is 17.8 Å². The highest BCUT2D eigenvalue weighted by Crippen LogP contribution is 2.64. The van der Waals surface area contributed by atoms with E-state index in [2.05, 4.69) is 23.5 Å². The molecular weight excluding hydrogens is 536 g/mol. The third kappa shape index (κ3) is 4.44. The molecule has 1 spiro atoms. The van der Waals surface area contributed by atoms with Gasteiger partial charge in [0.05, 0.1) is 35.6 Å². The van der Waals surface area contributed by atoms with Gasteiger partial charge in [-0.05, 0) is 37.8 Å². The molecule has 42 heavy (non-hydrogen) atoms. The number of carbonyl (C=O) groups excluding carboxylic acids is 3. The molecule has 1 N–H and O–H groups in total. The van der Waals surface area contributed by atoms with Crippen LogP contribution in [-0.2, 0) is 25.8 Å². The molecule has 11 heteroatoms. The molecule has 2 aromatic rings. The van der Waals surface area contributed by atoms with Crippen molar-refractivity contribution in [3.8, 4) is 0 Å². The fourth-order valence-electron chi connectivity index (χ4n) is 7.44. The van der Waals surface area contributed by atoms with Gasteiger partial charge in [-0.3, -0.25) is 14.4 Å². The van der Waals surface area contributed by atoms with E-state index in [-0.39, 0.29) is 43.5 Å². The Kier molecular flexibility index (Phi) is 8.02. The molecular formula is C31H42N6O5. The quantitative estimate of drug-likeness (QED) is 0.384. The zero-order chi connectivity index (χ0) is 30.4. The summed E-state index contributed by atoms with van der Waals surface area (Å²) in [5, 5.41) is 19.1. The minimum Gasteiger partial charge on any atom is -0.394 e. The number of amides is 3. The van der Waals surface area contributed by atoms with E-state index in [4.69, 9.17) is 4.74 Å². The van der Waals surface area contributed by atoms with Crippen LogP contribution in [0.5, 0.6) is 0 Å². The van der Waals surface area contributed by atoms with Gasteiger partial charge in [0.15, 0.2) is 0 Å². The number of aliphatic hydroxyl groups excluding tert-OH is 1. The first-order chi connectivity index (χ1) is 20.1. The summed E-state index contributed by atoms with van der Waals surface area (Å²) >= 11 is 0. The molecule has 5 rings (SSSR count). The monoisotopic (exact) mass is 578 g/mol. The van der Waals surface area contributed by atoms with Crippen molar-refractivity contribution in [2.75, 3.05) is 26.7 Å². The van der Waals surface area contributed by atoms with Gasteiger partial charge in [0.2, 0.25) is 17.7 Å². The summed E-state index contributed by atoms with van der Waals surface area (Å²) in [5.41, 5.74) is -0.631. The number of rotatable bonds is 12. The predicted octanol–water partition coefficient (Wildman–Crippen LogP) is 2.22. The van der Waals surface area contributed by atoms with Crippen LogP contribution in [-0.4, -0.2) is 103 Å². The molecule has 2 unspecified atom stereocenters. The summed E-state index contributed by atoms with van der Waals surface area (Å²) in [7, 11) is 1.69. The van der Waals surface area contributed by atoms with Crippen molar-refractivity contribution >= 4 is 28.8 Å². The van der Waals surface area contributed by atoms with Crippen molar-refractivity contribution < 1.29 is 24.2 Å². The average molecular weight is 579 g/mol. The molecule has 0 saturated carbocycles. The maximum Gasteiger partial charge on any atom is 0.250 e. The van der Waals surface area contributed by atoms with Crippen LogP contribution in [0, 0.1) is 17.8 Å². The van der Waals surface area contributed by atoms with Gasteiger partial charge in [0, 0.05) is 20.1 Å². The summed E-state index contributed by atoms with van der Waals surface area (Å²) < 4.78 is 8.43. The molecule has 1 aromatic carbocycles. The maximum atomic E-state index is 14.8. The molecule has 7 atom stereocenters. The number of hydrogen-bond acceptors (Lipinski definition) is 7. The highest BCUT2D eigenvalue weighted by atomic mass is 16.5. The van der Waals surface area contributed by atoms with Crippen molar-refractivity contribution in [3.05, 3.63) is 49.6 Å². The molecule has 3 fully saturated rings. The second-order valence-electron chi connectivity index (χ2n) is 12.2. The number of fused-ring (bicyclic) bond motifs is 2. The number of likely N-dealkylation sites (N-methyl/N-ethyl adjacent to an activating group) is 1. The Hall–Kier alpha value is -3.57. The molecule has 3 aliphatic rings. The van der Waals surface area contributed by atoms with E-state index in [1.165, 1.54) is 0 Å². The van der Waals surface area contributed by atoms with E-state index in [0.29, 0.717) is 31.3 Å². The highest BCUT2D eigenvalue weighted by molar-refractivity contribution is 5.99. The van der Waals surface area contributed by atoms with Crippen LogP contribution in [0.3, 0.4) is 0 Å². The summed E-state index contributed by atoms with van der Waals surface area (Å²) in [6.07, 6.45) is 4.96. The first-order valence-corrected chi connectivity index (χ1v) is 14.8. The van der Waals surface area contributed by atoms with E-state index >= 15 is 0 Å². The van der Waals surface area contributed by atoms with Gasteiger partial charge in [-0.25, -0.2) is 4.68 Å². The number of likely N-dealkylation sites (tertiary alicyclic amines) is 1. The third-order valence-corrected chi connectivity index (χ3v) is 9.72. The van der Waals surface area contributed by atoms with E-state index in [1.54, 1.807) is 38.6 Å². The van der Waals surface area contributed by atoms with Gasteiger partial charge in [0.25, 0.3) is 0 Å². The highest BCUT2D eigenvalue weighted by Gasteiger charge is 2.79. The van der Waals surface area contributed by atoms with Crippen molar-refractivity contribution in [1.29, 1.82) is 0 Å². The van der Waals surface area contributed by atoms with E-state index in [9.17, 15) is 19.5 Å². The number of carbonyl (C=O) groups is 3. The lowest BCUT2D eigenvalue weighted by Gasteiger charge is -2.41. The summed E-state index contributed by atoms with van der Waals surface area (Å²) in [6, 6.07) is 5.84. The van der Waals surface area contributed by atoms with Gasteiger partial charge in [0.1, 0.15) is 23.8 Å². The molecule has 0 radical (unpaired) electrons. The molecule has 3 amide bonds. The minimum absolute atomic E-state index is 0.0828. The predicted molar refractivity (Wildman–Crippen MR) is 157 cm³/mol. The first kappa shape index (κ1) is 29.9. The van der Waals surface area contributed by atoms with Gasteiger partial charge in [-0.15, -0.1) is 18.3 Å². The smallest absolute Gasteiger partial charge is 0.250 e. The Labute approximate surface area is 246 Å². The normalized spacial score (nSPS) is 29.4. The molecule has 2 bridgehead atoms. The number of para-hydroxylation sites is 1. The van der Waals surface area contributed by atoms with Gasteiger partial charge >= 0.3 is 0 Å². The fraction of sp³-hybridized carbons (Fsp3) is 0.581. The molecule has 3 aliphatic heterocycles. The zero-order valence-corrected chi connectivity index (χ0v) is 25.0. The Morgan fingerprint density at radius 2 is 1.93 bits per heavy atom. The lowest BCUT2D eigenvalue weighted by Crippen LogP contribution is -2.60. The SMILES string of the molecule is C=CCN(C)C(=O)[C@@H]1[C@H]2C(=O)N([C@@H](CO)[C@@H](C)CC)C(C(=O)N(CC=C)Cn3nnc4ccccc43)C23CC[C@@]1(C)O3. The largest absolute Gasteiger partial charge is 0.394 e. The van der Waals surface area contributed by atoms with Crippen molar-refractivity contribution in [1.82, 2.24) is 29.7 Å². The lowest BCUT2D eigenvalue weighted by atomic mass is 9.66. The number of ether oxygens (including phenoxy) is 1. The molecule has 3 saturated heterocycles. The zero-order valence-electron chi connectivity index (χ0n) is 25.0. The minimum atomic E-state index is -1.21. The Morgan fingerprint density at radius 3 is 2.60 bits per heavy atom. The van der Waals surface area contributed by atoms with Crippen LogP contribution < -0.4 is 0 Å². The summed E-state index contributed by atoms with van der Waals surface area (Å²) in [5.74, 6) is -2.54. The van der Waals surface area contributed by atoms with E-state index in [1.807, 2.05) is 45.0 Å². The Bertz CT molecular complexity index is 1390. The summed E-state index contributed by atoms with van der Waals surface area (Å²) in [4.78, 5) is 47.9. The van der Waals surface area contributed by atoms with Crippen molar-refractivity contribution in [3.63, 3.8) is 0 Å². The van der Waals surface area contributed by atoms with Crippen LogP contribution in [0.15, 0.2) is 49.6 Å². The number of benzene rings is 1. The topological polar surface area (TPSA) is 121 Å². The maximum absolute atomic E-state index is 14.8. The molecule has 1 aromatic heterocycles. The Morgan fingerprint density at radius 1 is 1.21 bits per heavy atom. The van der Waals surface area contributed by atoms with Crippen molar-refractivity contribution in [2.45, 2.75) is 70.0 Å². The standard InChI is InChI=1S/C31H42N6O5/c1-7-16-34(6)27(39)24-25-28(40)37(23(18-38)20(4)9-3)26(31(25)15-14-30(24,5)42-31)29(41)35(17-8-2)19-36-22-13-11-10-12-21(22)32-33-36/h7-8,10-13,20,23-26,38H,1-2,9,14-19H2,3-6H3/t20-,23-,24-,25-,26?,30+,31?/m0/s1. The summed E-state index contributed by atoms with van der Waals surface area (Å²) in [6.45, 7) is 13.8. The number of aliphatic hydroxyl groups is 1. The van der Waals surface area contributed by atoms with Crippen LogP contribution >= 0.6 is 0 Å². The molecule has 11 nitrogen and oxygen atoms in total. The third-order valence-electron chi connectivity index (χ3n) is 9.72. The second kappa shape index (κ2) is 11.3. The van der Waals surface area contributed by atoms with Crippen LogP contribution in [0.2, 0.25) is 0 Å². The van der Waals surface area contributed by atoms with Crippen LogP contribution in [0.25, 0.3) is 11.0 Å². The first-order valence-electron chi connectivity index (χ1n) is 14.8. The van der Waals surface area contributed by atoms with Crippen LogP contribution in [0.1, 0.15) is 40.0 Å². The van der Waals surface area contributed by atoms with Crippen LogP contribution in [0.4, 0.5) is 0 Å². The fourth-order valence-corrected chi connectivity index (χ4v) is 7.44. The Balaban J connectivity index is 1.60. The number of nitrogens with zero attached hydrogens (tertiary/aromatic N) is 6.